The Kier molecular flexibility index (Phi) is 4.98. The van der Waals surface area contributed by atoms with Crippen molar-refractivity contribution >= 4 is 5.91 Å². The lowest BCUT2D eigenvalue weighted by atomic mass is 9.89. The summed E-state index contributed by atoms with van der Waals surface area (Å²) in [6.07, 6.45) is 4.38. The molecule has 1 aromatic carbocycles. The van der Waals surface area contributed by atoms with Crippen molar-refractivity contribution in [2.75, 3.05) is 13.1 Å². The number of aromatic amines is 1. The molecule has 2 aromatic heterocycles. The Morgan fingerprint density at radius 3 is 2.48 bits per heavy atom. The standard InChI is InChI=1S/C21H22N4O2/c26-20(19-3-1-2-11-22-19)16-9-13-25(14-10-16)21(27)17-6-4-15(5-7-17)18-8-12-23-24-18/h1-8,11-12,16,20,26H,9-10,13-14H2,(H,23,24). The van der Waals surface area contributed by atoms with Gasteiger partial charge >= 0.3 is 0 Å². The molecule has 1 amide bonds. The Balaban J connectivity index is 1.37. The van der Waals surface area contributed by atoms with E-state index in [9.17, 15) is 9.90 Å². The first-order valence-electron chi connectivity index (χ1n) is 9.20. The number of aliphatic hydroxyl groups excluding tert-OH is 1. The molecule has 27 heavy (non-hydrogen) atoms. The summed E-state index contributed by atoms with van der Waals surface area (Å²) >= 11 is 0. The number of aromatic nitrogens is 3. The minimum Gasteiger partial charge on any atom is -0.387 e. The number of carbonyl (C=O) groups is 1. The highest BCUT2D eigenvalue weighted by molar-refractivity contribution is 5.94. The number of hydrogen-bond acceptors (Lipinski definition) is 4. The average molecular weight is 362 g/mol. The van der Waals surface area contributed by atoms with Crippen LogP contribution in [0.1, 0.15) is 35.0 Å². The number of hydrogen-bond donors (Lipinski definition) is 2. The molecule has 3 aromatic rings. The van der Waals surface area contributed by atoms with Crippen LogP contribution < -0.4 is 0 Å². The fourth-order valence-electron chi connectivity index (χ4n) is 3.60. The van der Waals surface area contributed by atoms with Crippen LogP contribution in [0.15, 0.2) is 60.9 Å². The van der Waals surface area contributed by atoms with Crippen molar-refractivity contribution in [3.63, 3.8) is 0 Å². The maximum atomic E-state index is 12.8. The monoisotopic (exact) mass is 362 g/mol. The fraction of sp³-hybridized carbons (Fsp3) is 0.286. The fourth-order valence-corrected chi connectivity index (χ4v) is 3.60. The van der Waals surface area contributed by atoms with Crippen LogP contribution in [0.5, 0.6) is 0 Å². The van der Waals surface area contributed by atoms with E-state index in [1.165, 1.54) is 0 Å². The molecule has 2 N–H and O–H groups in total. The molecule has 0 saturated carbocycles. The zero-order chi connectivity index (χ0) is 18.6. The van der Waals surface area contributed by atoms with E-state index in [2.05, 4.69) is 15.2 Å². The third-order valence-electron chi connectivity index (χ3n) is 5.21. The van der Waals surface area contributed by atoms with Gasteiger partial charge in [0.25, 0.3) is 5.91 Å². The van der Waals surface area contributed by atoms with Crippen LogP contribution >= 0.6 is 0 Å². The molecule has 0 bridgehead atoms. The van der Waals surface area contributed by atoms with Gasteiger partial charge in [-0.3, -0.25) is 14.9 Å². The second-order valence-electron chi connectivity index (χ2n) is 6.88. The van der Waals surface area contributed by atoms with Gasteiger partial charge in [0.1, 0.15) is 0 Å². The zero-order valence-electron chi connectivity index (χ0n) is 15.0. The molecule has 0 spiro atoms. The van der Waals surface area contributed by atoms with Crippen LogP contribution in [0, 0.1) is 5.92 Å². The third-order valence-corrected chi connectivity index (χ3v) is 5.21. The summed E-state index contributed by atoms with van der Waals surface area (Å²) in [6.45, 7) is 1.30. The predicted octanol–water partition coefficient (Wildman–Crippen LogP) is 3.06. The van der Waals surface area contributed by atoms with Gasteiger partial charge in [0.2, 0.25) is 0 Å². The highest BCUT2D eigenvalue weighted by atomic mass is 16.3. The van der Waals surface area contributed by atoms with E-state index in [0.717, 1.165) is 24.1 Å². The Bertz CT molecular complexity index is 870. The van der Waals surface area contributed by atoms with Gasteiger partial charge in [0.05, 0.1) is 17.5 Å². The lowest BCUT2D eigenvalue weighted by Crippen LogP contribution is -2.39. The molecular formula is C21H22N4O2. The van der Waals surface area contributed by atoms with Crippen molar-refractivity contribution in [2.24, 2.45) is 5.92 Å². The van der Waals surface area contributed by atoms with Crippen LogP contribution in [-0.4, -0.2) is 44.2 Å². The Labute approximate surface area is 157 Å². The van der Waals surface area contributed by atoms with Crippen LogP contribution in [0.25, 0.3) is 11.3 Å². The van der Waals surface area contributed by atoms with Crippen LogP contribution in [-0.2, 0) is 0 Å². The second kappa shape index (κ2) is 7.72. The molecule has 1 aliphatic heterocycles. The van der Waals surface area contributed by atoms with E-state index in [-0.39, 0.29) is 11.8 Å². The van der Waals surface area contributed by atoms with Crippen LogP contribution in [0.2, 0.25) is 0 Å². The number of benzene rings is 1. The van der Waals surface area contributed by atoms with Gasteiger partial charge in [-0.05, 0) is 54.7 Å². The number of H-pyrrole nitrogens is 1. The topological polar surface area (TPSA) is 82.1 Å². The number of likely N-dealkylation sites (tertiary alicyclic amines) is 1. The van der Waals surface area contributed by atoms with Gasteiger partial charge in [0, 0.05) is 31.0 Å². The maximum Gasteiger partial charge on any atom is 0.253 e. The van der Waals surface area contributed by atoms with Gasteiger partial charge in [-0.1, -0.05) is 18.2 Å². The lowest BCUT2D eigenvalue weighted by Gasteiger charge is -2.34. The van der Waals surface area contributed by atoms with Gasteiger partial charge in [-0.2, -0.15) is 5.10 Å². The Morgan fingerprint density at radius 2 is 1.85 bits per heavy atom. The molecule has 1 atom stereocenters. The number of pyridine rings is 1. The Morgan fingerprint density at radius 1 is 1.07 bits per heavy atom. The molecule has 1 aliphatic rings. The zero-order valence-corrected chi connectivity index (χ0v) is 15.0. The summed E-state index contributed by atoms with van der Waals surface area (Å²) in [4.78, 5) is 18.9. The summed E-state index contributed by atoms with van der Waals surface area (Å²) in [5.74, 6) is 0.170. The molecule has 1 fully saturated rings. The first-order valence-corrected chi connectivity index (χ1v) is 9.20. The third kappa shape index (κ3) is 3.75. The highest BCUT2D eigenvalue weighted by Gasteiger charge is 2.29. The smallest absolute Gasteiger partial charge is 0.253 e. The molecule has 4 rings (SSSR count). The van der Waals surface area contributed by atoms with Gasteiger partial charge < -0.3 is 10.0 Å². The first-order chi connectivity index (χ1) is 13.2. The van der Waals surface area contributed by atoms with E-state index in [4.69, 9.17) is 0 Å². The molecule has 0 radical (unpaired) electrons. The molecule has 6 heteroatoms. The Hall–Kier alpha value is -2.99. The predicted molar refractivity (Wildman–Crippen MR) is 102 cm³/mol. The number of nitrogens with one attached hydrogen (secondary N) is 1. The molecule has 3 heterocycles. The van der Waals surface area contributed by atoms with Crippen molar-refractivity contribution in [2.45, 2.75) is 18.9 Å². The van der Waals surface area contributed by atoms with E-state index in [0.29, 0.717) is 24.3 Å². The number of aliphatic hydroxyl groups is 1. The number of rotatable bonds is 4. The van der Waals surface area contributed by atoms with Crippen molar-refractivity contribution in [1.82, 2.24) is 20.1 Å². The van der Waals surface area contributed by atoms with Crippen LogP contribution in [0.4, 0.5) is 0 Å². The van der Waals surface area contributed by atoms with Crippen molar-refractivity contribution in [3.8, 4) is 11.3 Å². The van der Waals surface area contributed by atoms with E-state index in [1.54, 1.807) is 12.4 Å². The second-order valence-corrected chi connectivity index (χ2v) is 6.88. The number of nitrogens with zero attached hydrogens (tertiary/aromatic N) is 3. The largest absolute Gasteiger partial charge is 0.387 e. The van der Waals surface area contributed by atoms with Gasteiger partial charge in [0.15, 0.2) is 0 Å². The maximum absolute atomic E-state index is 12.8. The van der Waals surface area contributed by atoms with Crippen molar-refractivity contribution in [1.29, 1.82) is 0 Å². The summed E-state index contributed by atoms with van der Waals surface area (Å²) in [5.41, 5.74) is 3.32. The quantitative estimate of drug-likeness (QED) is 0.747. The summed E-state index contributed by atoms with van der Waals surface area (Å²) in [7, 11) is 0. The van der Waals surface area contributed by atoms with Crippen LogP contribution in [0.3, 0.4) is 0 Å². The van der Waals surface area contributed by atoms with E-state index < -0.39 is 6.10 Å². The lowest BCUT2D eigenvalue weighted by molar-refractivity contribution is 0.0447. The minimum atomic E-state index is -0.572. The molecular weight excluding hydrogens is 340 g/mol. The first kappa shape index (κ1) is 17.4. The van der Waals surface area contributed by atoms with E-state index >= 15 is 0 Å². The molecule has 1 unspecified atom stereocenters. The minimum absolute atomic E-state index is 0.0388. The molecule has 138 valence electrons. The van der Waals surface area contributed by atoms with Crippen molar-refractivity contribution in [3.05, 3.63) is 72.2 Å². The molecule has 6 nitrogen and oxygen atoms in total. The summed E-state index contributed by atoms with van der Waals surface area (Å²) < 4.78 is 0. The molecule has 0 aliphatic carbocycles. The van der Waals surface area contributed by atoms with Gasteiger partial charge in [-0.25, -0.2) is 0 Å². The molecule has 1 saturated heterocycles. The van der Waals surface area contributed by atoms with Crippen molar-refractivity contribution < 1.29 is 9.90 Å². The normalized spacial score (nSPS) is 16.3. The van der Waals surface area contributed by atoms with Gasteiger partial charge in [-0.15, -0.1) is 0 Å². The summed E-state index contributed by atoms with van der Waals surface area (Å²) in [6, 6.07) is 15.0. The summed E-state index contributed by atoms with van der Waals surface area (Å²) in [5, 5.41) is 17.4. The highest BCUT2D eigenvalue weighted by Crippen LogP contribution is 2.30. The number of carbonyl (C=O) groups excluding carboxylic acids is 1. The average Bonchev–Trinajstić information content (AvgIpc) is 3.28. The number of piperidine rings is 1. The number of amides is 1. The SMILES string of the molecule is O=C(c1ccc(-c2ccn[nH]2)cc1)N1CCC(C(O)c2ccccn2)CC1. The van der Waals surface area contributed by atoms with E-state index in [1.807, 2.05) is 53.4 Å².